The number of amides is 3. The van der Waals surface area contributed by atoms with Crippen LogP contribution in [0, 0.1) is 10.1 Å². The fourth-order valence-electron chi connectivity index (χ4n) is 2.26. The van der Waals surface area contributed by atoms with E-state index in [1.807, 2.05) is 0 Å². The van der Waals surface area contributed by atoms with E-state index in [2.05, 4.69) is 23.4 Å². The van der Waals surface area contributed by atoms with Crippen molar-refractivity contribution in [1.29, 1.82) is 0 Å². The Bertz CT molecular complexity index is 896. The average Bonchev–Trinajstić information content (AvgIpc) is 2.65. The fourth-order valence-corrected chi connectivity index (χ4v) is 3.20. The molecule has 154 valence electrons. The van der Waals surface area contributed by atoms with Gasteiger partial charge in [-0.2, -0.15) is 0 Å². The Morgan fingerprint density at radius 2 is 1.79 bits per heavy atom. The van der Waals surface area contributed by atoms with Crippen molar-refractivity contribution in [2.24, 2.45) is 0 Å². The molecule has 2 aromatic carbocycles. The first kappa shape index (κ1) is 23.1. The Balaban J connectivity index is 2.10. The molecule has 0 aliphatic carbocycles. The first-order valence-electron chi connectivity index (χ1n) is 8.01. The molecule has 0 fully saturated rings. The predicted molar refractivity (Wildman–Crippen MR) is 115 cm³/mol. The van der Waals surface area contributed by atoms with Gasteiger partial charge in [0.1, 0.15) is 0 Å². The van der Waals surface area contributed by atoms with Crippen LogP contribution in [0.4, 0.5) is 16.2 Å². The number of nitrogens with one attached hydrogen (secondary N) is 2. The molecule has 8 nitrogen and oxygen atoms in total. The predicted octanol–water partition coefficient (Wildman–Crippen LogP) is 4.33. The van der Waals surface area contributed by atoms with Crippen molar-refractivity contribution in [2.45, 2.75) is 16.4 Å². The van der Waals surface area contributed by atoms with Crippen molar-refractivity contribution in [3.63, 3.8) is 0 Å². The molecule has 0 spiro atoms. The van der Waals surface area contributed by atoms with Gasteiger partial charge in [-0.3, -0.25) is 14.9 Å². The number of anilines is 1. The van der Waals surface area contributed by atoms with Crippen LogP contribution in [0.5, 0.6) is 0 Å². The molecular weight excluding hydrogens is 463 g/mol. The fraction of sp³-hybridized carbons (Fsp3) is 0.176. The van der Waals surface area contributed by atoms with Crippen LogP contribution in [0.25, 0.3) is 0 Å². The summed E-state index contributed by atoms with van der Waals surface area (Å²) < 4.78 is -1.41. The number of hydrogen-bond donors (Lipinski definition) is 3. The Morgan fingerprint density at radius 1 is 1.14 bits per heavy atom. The third-order valence-electron chi connectivity index (χ3n) is 3.58. The molecule has 0 bridgehead atoms. The normalized spacial score (nSPS) is 12.0. The van der Waals surface area contributed by atoms with E-state index in [9.17, 15) is 19.7 Å². The summed E-state index contributed by atoms with van der Waals surface area (Å²) in [6.07, 6.45) is -1.43. The Hall–Kier alpha value is -2.20. The van der Waals surface area contributed by atoms with Gasteiger partial charge < -0.3 is 10.6 Å². The van der Waals surface area contributed by atoms with E-state index < -0.39 is 26.8 Å². The number of hydrogen-bond acceptors (Lipinski definition) is 5. The Labute approximate surface area is 186 Å². The maximum atomic E-state index is 12.5. The minimum Gasteiger partial charge on any atom is -0.331 e. The van der Waals surface area contributed by atoms with Crippen molar-refractivity contribution in [1.82, 2.24) is 9.62 Å². The number of nitrogens with zero attached hydrogens (tertiary/aromatic N) is 2. The summed E-state index contributed by atoms with van der Waals surface area (Å²) in [5.41, 5.74) is 0.629. The molecule has 2 rings (SSSR count). The number of alkyl halides is 3. The lowest BCUT2D eigenvalue weighted by Crippen LogP contribution is -2.55. The summed E-state index contributed by atoms with van der Waals surface area (Å²) in [5.74, 6) is -0.505. The highest BCUT2D eigenvalue weighted by atomic mass is 35.6. The number of rotatable bonds is 6. The Morgan fingerprint density at radius 3 is 2.38 bits per heavy atom. The molecule has 1 unspecified atom stereocenters. The second-order valence-corrected chi connectivity index (χ2v) is 8.56. The van der Waals surface area contributed by atoms with Crippen LogP contribution in [0.3, 0.4) is 0 Å². The zero-order valence-electron chi connectivity index (χ0n) is 14.6. The summed E-state index contributed by atoms with van der Waals surface area (Å²) in [7, 11) is 0. The molecular formula is C17H15Cl3N4O4S. The SMILES string of the molecule is O=C(Cc1ccccc1)NC(N(S)C(=O)Nc1cccc([N+](=O)[O-])c1)C(Cl)(Cl)Cl. The van der Waals surface area contributed by atoms with Crippen LogP contribution in [-0.4, -0.2) is 31.1 Å². The van der Waals surface area contributed by atoms with Gasteiger partial charge in [0.2, 0.25) is 9.70 Å². The second-order valence-electron chi connectivity index (χ2n) is 5.76. The number of urea groups is 1. The molecule has 1 atom stereocenters. The third-order valence-corrected chi connectivity index (χ3v) is 4.61. The smallest absolute Gasteiger partial charge is 0.331 e. The number of thiol groups is 1. The second kappa shape index (κ2) is 10.0. The van der Waals surface area contributed by atoms with Gasteiger partial charge in [-0.15, -0.1) is 0 Å². The highest BCUT2D eigenvalue weighted by Gasteiger charge is 2.40. The van der Waals surface area contributed by atoms with Crippen molar-refractivity contribution < 1.29 is 14.5 Å². The van der Waals surface area contributed by atoms with Gasteiger partial charge in [-0.05, 0) is 11.6 Å². The summed E-state index contributed by atoms with van der Waals surface area (Å²) in [6.45, 7) is 0. The molecule has 12 heteroatoms. The third kappa shape index (κ3) is 6.97. The first-order valence-corrected chi connectivity index (χ1v) is 9.55. The summed E-state index contributed by atoms with van der Waals surface area (Å²) in [6, 6.07) is 13.2. The van der Waals surface area contributed by atoms with E-state index in [1.165, 1.54) is 18.2 Å². The van der Waals surface area contributed by atoms with E-state index in [-0.39, 0.29) is 17.8 Å². The highest BCUT2D eigenvalue weighted by Crippen LogP contribution is 2.33. The minimum absolute atomic E-state index is 0.00773. The lowest BCUT2D eigenvalue weighted by atomic mass is 10.1. The van der Waals surface area contributed by atoms with Crippen LogP contribution >= 0.6 is 47.6 Å². The number of nitro benzene ring substituents is 1. The van der Waals surface area contributed by atoms with E-state index in [0.717, 1.165) is 11.6 Å². The van der Waals surface area contributed by atoms with Gasteiger partial charge in [0, 0.05) is 17.8 Å². The van der Waals surface area contributed by atoms with E-state index >= 15 is 0 Å². The van der Waals surface area contributed by atoms with Crippen LogP contribution in [0.1, 0.15) is 5.56 Å². The van der Waals surface area contributed by atoms with Crippen molar-refractivity contribution in [3.8, 4) is 0 Å². The maximum absolute atomic E-state index is 12.5. The van der Waals surface area contributed by atoms with E-state index in [4.69, 9.17) is 34.8 Å². The van der Waals surface area contributed by atoms with Crippen LogP contribution in [0.2, 0.25) is 0 Å². The quantitative estimate of drug-likeness (QED) is 0.189. The van der Waals surface area contributed by atoms with Crippen molar-refractivity contribution >= 4 is 70.9 Å². The summed E-state index contributed by atoms with van der Waals surface area (Å²) >= 11 is 21.8. The number of halogens is 3. The summed E-state index contributed by atoms with van der Waals surface area (Å²) in [5, 5.41) is 15.7. The molecule has 0 saturated heterocycles. The molecule has 0 aliphatic rings. The topological polar surface area (TPSA) is 105 Å². The maximum Gasteiger partial charge on any atom is 0.333 e. The van der Waals surface area contributed by atoms with E-state index in [1.54, 1.807) is 30.3 Å². The first-order chi connectivity index (χ1) is 13.6. The van der Waals surface area contributed by atoms with Crippen molar-refractivity contribution in [2.75, 3.05) is 5.32 Å². The van der Waals surface area contributed by atoms with Crippen LogP contribution < -0.4 is 10.6 Å². The standard InChI is InChI=1S/C17H15Cl3N4O4S/c18-17(19,20)15(22-14(25)9-11-5-2-1-3-6-11)23(29)16(26)21-12-7-4-8-13(10-12)24(27)28/h1-8,10,15,29H,9H2,(H,21,26)(H,22,25). The Kier molecular flexibility index (Phi) is 7.97. The number of nitro groups is 1. The number of carbonyl (C=O) groups excluding carboxylic acids is 2. The van der Waals surface area contributed by atoms with Crippen LogP contribution in [-0.2, 0) is 11.2 Å². The molecule has 0 aliphatic heterocycles. The number of non-ortho nitro benzene ring substituents is 1. The molecule has 0 radical (unpaired) electrons. The molecule has 2 aromatic rings. The summed E-state index contributed by atoms with van der Waals surface area (Å²) in [4.78, 5) is 35.0. The van der Waals surface area contributed by atoms with Gasteiger partial charge >= 0.3 is 6.03 Å². The molecule has 29 heavy (non-hydrogen) atoms. The number of carbonyl (C=O) groups is 2. The molecule has 0 heterocycles. The highest BCUT2D eigenvalue weighted by molar-refractivity contribution is 7.78. The van der Waals surface area contributed by atoms with E-state index in [0.29, 0.717) is 4.31 Å². The van der Waals surface area contributed by atoms with Gasteiger partial charge in [0.25, 0.3) is 5.69 Å². The molecule has 0 saturated carbocycles. The molecule has 2 N–H and O–H groups in total. The zero-order valence-corrected chi connectivity index (χ0v) is 17.8. The molecule has 3 amide bonds. The van der Waals surface area contributed by atoms with Gasteiger partial charge in [-0.1, -0.05) is 84.0 Å². The lowest BCUT2D eigenvalue weighted by Gasteiger charge is -2.32. The average molecular weight is 478 g/mol. The van der Waals surface area contributed by atoms with Gasteiger partial charge in [-0.25, -0.2) is 9.10 Å². The van der Waals surface area contributed by atoms with Crippen molar-refractivity contribution in [3.05, 3.63) is 70.3 Å². The molecule has 0 aromatic heterocycles. The monoisotopic (exact) mass is 476 g/mol. The van der Waals surface area contributed by atoms with Gasteiger partial charge in [0.05, 0.1) is 11.3 Å². The largest absolute Gasteiger partial charge is 0.333 e. The number of benzene rings is 2. The van der Waals surface area contributed by atoms with Crippen LogP contribution in [0.15, 0.2) is 54.6 Å². The lowest BCUT2D eigenvalue weighted by molar-refractivity contribution is -0.384. The van der Waals surface area contributed by atoms with Gasteiger partial charge in [0.15, 0.2) is 6.17 Å². The zero-order chi connectivity index (χ0) is 21.6. The minimum atomic E-state index is -2.10.